The van der Waals surface area contributed by atoms with Gasteiger partial charge in [0.15, 0.2) is 0 Å². The number of anilines is 2. The lowest BCUT2D eigenvalue weighted by Crippen LogP contribution is -1.98. The lowest BCUT2D eigenvalue weighted by molar-refractivity contribution is 0.628. The van der Waals surface area contributed by atoms with E-state index in [-0.39, 0.29) is 5.02 Å². The van der Waals surface area contributed by atoms with E-state index in [1.165, 1.54) is 12.1 Å². The van der Waals surface area contributed by atoms with Crippen molar-refractivity contribution in [3.8, 4) is 11.3 Å². The summed E-state index contributed by atoms with van der Waals surface area (Å²) in [6, 6.07) is 8.11. The number of hydrogen-bond donors (Lipinski definition) is 2. The van der Waals surface area contributed by atoms with Gasteiger partial charge in [-0.25, -0.2) is 14.4 Å². The Morgan fingerprint density at radius 3 is 2.92 bits per heavy atom. The molecule has 0 aliphatic heterocycles. The monoisotopic (exact) mass is 339 g/mol. The van der Waals surface area contributed by atoms with Crippen LogP contribution >= 0.6 is 11.6 Å². The van der Waals surface area contributed by atoms with Gasteiger partial charge in [-0.2, -0.15) is 0 Å². The molecule has 0 saturated carbocycles. The van der Waals surface area contributed by atoms with Gasteiger partial charge >= 0.3 is 0 Å². The third kappa shape index (κ3) is 2.68. The Morgan fingerprint density at radius 2 is 2.04 bits per heavy atom. The van der Waals surface area contributed by atoms with Gasteiger partial charge in [-0.3, -0.25) is 4.98 Å². The summed E-state index contributed by atoms with van der Waals surface area (Å²) in [5.41, 5.74) is 3.26. The number of pyridine rings is 1. The van der Waals surface area contributed by atoms with E-state index in [0.717, 1.165) is 22.2 Å². The molecule has 4 aromatic rings. The van der Waals surface area contributed by atoms with Crippen molar-refractivity contribution in [1.29, 1.82) is 0 Å². The molecular weight excluding hydrogens is 329 g/mol. The molecule has 0 spiro atoms. The molecule has 118 valence electrons. The maximum atomic E-state index is 13.2. The van der Waals surface area contributed by atoms with E-state index in [9.17, 15) is 4.39 Å². The number of rotatable bonds is 3. The van der Waals surface area contributed by atoms with Crippen LogP contribution in [0.2, 0.25) is 5.02 Å². The van der Waals surface area contributed by atoms with Crippen LogP contribution in [0.1, 0.15) is 0 Å². The number of aromatic amines is 1. The molecule has 0 fully saturated rings. The van der Waals surface area contributed by atoms with E-state index < -0.39 is 5.82 Å². The minimum atomic E-state index is -0.468. The first-order valence-corrected chi connectivity index (χ1v) is 7.55. The summed E-state index contributed by atoms with van der Waals surface area (Å²) in [5, 5.41) is 4.10. The summed E-state index contributed by atoms with van der Waals surface area (Å²) in [4.78, 5) is 16.0. The van der Waals surface area contributed by atoms with Crippen LogP contribution in [-0.4, -0.2) is 19.9 Å². The Labute approximate surface area is 141 Å². The topological polar surface area (TPSA) is 66.5 Å². The third-order valence-electron chi connectivity index (χ3n) is 3.59. The Morgan fingerprint density at radius 1 is 1.12 bits per heavy atom. The molecule has 2 N–H and O–H groups in total. The van der Waals surface area contributed by atoms with Gasteiger partial charge in [0, 0.05) is 35.2 Å². The van der Waals surface area contributed by atoms with Crippen LogP contribution in [0.15, 0.2) is 55.1 Å². The van der Waals surface area contributed by atoms with Gasteiger partial charge in [-0.05, 0) is 30.3 Å². The molecule has 7 heteroatoms. The fourth-order valence-corrected chi connectivity index (χ4v) is 2.64. The van der Waals surface area contributed by atoms with Crippen molar-refractivity contribution in [2.24, 2.45) is 0 Å². The molecule has 0 aliphatic rings. The van der Waals surface area contributed by atoms with Crippen LogP contribution in [0.5, 0.6) is 0 Å². The van der Waals surface area contributed by atoms with E-state index in [1.807, 2.05) is 18.3 Å². The van der Waals surface area contributed by atoms with Crippen molar-refractivity contribution in [2.45, 2.75) is 0 Å². The normalized spacial score (nSPS) is 10.9. The standard InChI is InChI=1S/C17H11ClFN5/c18-13-7-10(1-2-14(13)19)23-17-21-6-4-15(24-17)12-8-22-16-9-20-5-3-11(12)16/h1-9,22H,(H,21,23,24). The third-order valence-corrected chi connectivity index (χ3v) is 3.88. The van der Waals surface area contributed by atoms with Crippen LogP contribution in [-0.2, 0) is 0 Å². The number of H-pyrrole nitrogens is 1. The van der Waals surface area contributed by atoms with Gasteiger partial charge in [0.05, 0.1) is 22.4 Å². The van der Waals surface area contributed by atoms with Gasteiger partial charge < -0.3 is 10.3 Å². The Kier molecular flexibility index (Phi) is 3.59. The molecule has 0 unspecified atom stereocenters. The molecule has 3 heterocycles. The largest absolute Gasteiger partial charge is 0.359 e. The van der Waals surface area contributed by atoms with Crippen molar-refractivity contribution in [1.82, 2.24) is 19.9 Å². The number of halogens is 2. The smallest absolute Gasteiger partial charge is 0.227 e. The van der Waals surface area contributed by atoms with Crippen LogP contribution in [0.4, 0.5) is 16.0 Å². The molecular formula is C17H11ClFN5. The van der Waals surface area contributed by atoms with Crippen LogP contribution < -0.4 is 5.32 Å². The summed E-state index contributed by atoms with van der Waals surface area (Å²) < 4.78 is 13.2. The first-order chi connectivity index (χ1) is 11.7. The van der Waals surface area contributed by atoms with Gasteiger partial charge in [0.25, 0.3) is 0 Å². The molecule has 0 bridgehead atoms. The molecule has 0 aliphatic carbocycles. The summed E-state index contributed by atoms with van der Waals surface area (Å²) in [5.74, 6) is -0.0668. The highest BCUT2D eigenvalue weighted by atomic mass is 35.5. The van der Waals surface area contributed by atoms with E-state index >= 15 is 0 Å². The van der Waals surface area contributed by atoms with E-state index in [2.05, 4.69) is 25.3 Å². The van der Waals surface area contributed by atoms with Crippen LogP contribution in [0, 0.1) is 5.82 Å². The summed E-state index contributed by atoms with van der Waals surface area (Å²) in [6.07, 6.45) is 7.04. The molecule has 4 rings (SSSR count). The second kappa shape index (κ2) is 5.90. The van der Waals surface area contributed by atoms with E-state index in [1.54, 1.807) is 24.7 Å². The Hall–Kier alpha value is -2.99. The lowest BCUT2D eigenvalue weighted by atomic mass is 10.1. The van der Waals surface area contributed by atoms with Crippen molar-refractivity contribution < 1.29 is 4.39 Å². The fourth-order valence-electron chi connectivity index (χ4n) is 2.46. The number of nitrogens with zero attached hydrogens (tertiary/aromatic N) is 3. The maximum absolute atomic E-state index is 13.2. The molecule has 0 amide bonds. The average molecular weight is 340 g/mol. The number of aromatic nitrogens is 4. The highest BCUT2D eigenvalue weighted by molar-refractivity contribution is 6.31. The van der Waals surface area contributed by atoms with Gasteiger partial charge in [0.2, 0.25) is 5.95 Å². The Bertz CT molecular complexity index is 1030. The highest BCUT2D eigenvalue weighted by Crippen LogP contribution is 2.27. The molecule has 5 nitrogen and oxygen atoms in total. The van der Waals surface area contributed by atoms with Gasteiger partial charge in [0.1, 0.15) is 5.82 Å². The molecule has 0 atom stereocenters. The molecule has 1 aromatic carbocycles. The van der Waals surface area contributed by atoms with Crippen LogP contribution in [0.25, 0.3) is 22.2 Å². The SMILES string of the molecule is Fc1ccc(Nc2nccc(-c3c[nH]c4cnccc34)n2)cc1Cl. The predicted octanol–water partition coefficient (Wildman–Crippen LogP) is 4.56. The number of fused-ring (bicyclic) bond motifs is 1. The molecule has 3 aromatic heterocycles. The average Bonchev–Trinajstić information content (AvgIpc) is 3.03. The highest BCUT2D eigenvalue weighted by Gasteiger charge is 2.09. The number of hydrogen-bond acceptors (Lipinski definition) is 4. The molecule has 24 heavy (non-hydrogen) atoms. The molecule has 0 saturated heterocycles. The molecule has 0 radical (unpaired) electrons. The second-order valence-corrected chi connectivity index (χ2v) is 5.55. The summed E-state index contributed by atoms with van der Waals surface area (Å²) in [7, 11) is 0. The minimum Gasteiger partial charge on any atom is -0.359 e. The number of benzene rings is 1. The van der Waals surface area contributed by atoms with Crippen molar-refractivity contribution >= 4 is 34.1 Å². The summed E-state index contributed by atoms with van der Waals surface area (Å²) in [6.45, 7) is 0. The lowest BCUT2D eigenvalue weighted by Gasteiger charge is -2.07. The fraction of sp³-hybridized carbons (Fsp3) is 0. The van der Waals surface area contributed by atoms with Gasteiger partial charge in [-0.1, -0.05) is 11.6 Å². The minimum absolute atomic E-state index is 0.0419. The van der Waals surface area contributed by atoms with Crippen molar-refractivity contribution in [2.75, 3.05) is 5.32 Å². The van der Waals surface area contributed by atoms with Crippen molar-refractivity contribution in [3.05, 3.63) is 66.0 Å². The van der Waals surface area contributed by atoms with Crippen LogP contribution in [0.3, 0.4) is 0 Å². The number of nitrogens with one attached hydrogen (secondary N) is 2. The van der Waals surface area contributed by atoms with Crippen molar-refractivity contribution in [3.63, 3.8) is 0 Å². The zero-order valence-corrected chi connectivity index (χ0v) is 13.0. The summed E-state index contributed by atoms with van der Waals surface area (Å²) >= 11 is 5.79. The van der Waals surface area contributed by atoms with E-state index in [0.29, 0.717) is 11.6 Å². The zero-order valence-electron chi connectivity index (χ0n) is 12.3. The zero-order chi connectivity index (χ0) is 16.5. The first kappa shape index (κ1) is 14.6. The Balaban J connectivity index is 1.70. The van der Waals surface area contributed by atoms with Gasteiger partial charge in [-0.15, -0.1) is 0 Å². The first-order valence-electron chi connectivity index (χ1n) is 7.17. The predicted molar refractivity (Wildman–Crippen MR) is 91.8 cm³/mol. The van der Waals surface area contributed by atoms with E-state index in [4.69, 9.17) is 11.6 Å². The maximum Gasteiger partial charge on any atom is 0.227 e. The second-order valence-electron chi connectivity index (χ2n) is 5.14. The quantitative estimate of drug-likeness (QED) is 0.574.